The maximum Gasteiger partial charge on any atom is 0.315 e. The molecule has 3 rings (SSSR count). The molecule has 25 heavy (non-hydrogen) atoms. The first-order valence-electron chi connectivity index (χ1n) is 7.82. The van der Waals surface area contributed by atoms with Gasteiger partial charge in [0.25, 0.3) is 0 Å². The minimum atomic E-state index is -0.493. The van der Waals surface area contributed by atoms with Gasteiger partial charge in [0.15, 0.2) is 5.82 Å². The summed E-state index contributed by atoms with van der Waals surface area (Å²) in [7, 11) is 0. The van der Waals surface area contributed by atoms with E-state index in [-0.39, 0.29) is 24.0 Å². The molecule has 2 heterocycles. The van der Waals surface area contributed by atoms with Gasteiger partial charge in [0, 0.05) is 24.7 Å². The molecule has 0 spiro atoms. The zero-order chi connectivity index (χ0) is 17.6. The lowest BCUT2D eigenvalue weighted by molar-refractivity contribution is -0.134. The Balaban J connectivity index is 1.52. The zero-order valence-electron chi connectivity index (χ0n) is 13.4. The van der Waals surface area contributed by atoms with Crippen molar-refractivity contribution >= 4 is 23.4 Å². The van der Waals surface area contributed by atoms with Crippen molar-refractivity contribution < 1.29 is 18.8 Å². The third-order valence-electron chi connectivity index (χ3n) is 3.70. The van der Waals surface area contributed by atoms with Crippen LogP contribution < -0.4 is 5.32 Å². The number of carbonyl (C=O) groups excluding carboxylic acids is 2. The normalized spacial score (nSPS) is 14.4. The van der Waals surface area contributed by atoms with Crippen molar-refractivity contribution in [2.75, 3.05) is 26.3 Å². The highest BCUT2D eigenvalue weighted by molar-refractivity contribution is 6.30. The summed E-state index contributed by atoms with van der Waals surface area (Å²) in [5.41, 5.74) is 0.889. The first-order valence-corrected chi connectivity index (χ1v) is 8.20. The van der Waals surface area contributed by atoms with E-state index < -0.39 is 5.91 Å². The molecule has 0 radical (unpaired) electrons. The number of rotatable bonds is 5. The van der Waals surface area contributed by atoms with Crippen molar-refractivity contribution in [2.45, 2.75) is 13.0 Å². The zero-order valence-corrected chi connectivity index (χ0v) is 14.2. The minimum absolute atomic E-state index is 0.00599. The molecule has 0 aliphatic carbocycles. The summed E-state index contributed by atoms with van der Waals surface area (Å²) in [6, 6.07) is 7.10. The van der Waals surface area contributed by atoms with Gasteiger partial charge in [-0.25, -0.2) is 0 Å². The summed E-state index contributed by atoms with van der Waals surface area (Å²) in [5.74, 6) is -0.586. The first-order chi connectivity index (χ1) is 12.1. The van der Waals surface area contributed by atoms with E-state index in [0.29, 0.717) is 37.9 Å². The highest BCUT2D eigenvalue weighted by Gasteiger charge is 2.21. The van der Waals surface area contributed by atoms with Crippen LogP contribution >= 0.6 is 11.6 Å². The molecule has 1 aliphatic heterocycles. The summed E-state index contributed by atoms with van der Waals surface area (Å²) in [4.78, 5) is 29.8. The predicted molar refractivity (Wildman–Crippen MR) is 88.0 cm³/mol. The lowest BCUT2D eigenvalue weighted by Gasteiger charge is -2.26. The van der Waals surface area contributed by atoms with Crippen molar-refractivity contribution in [3.63, 3.8) is 0 Å². The monoisotopic (exact) mass is 364 g/mol. The Kier molecular flexibility index (Phi) is 5.62. The quantitative estimate of drug-likeness (QED) is 0.851. The van der Waals surface area contributed by atoms with Crippen LogP contribution in [0.4, 0.5) is 0 Å². The standard InChI is InChI=1S/C16H17ClN4O4/c17-12-3-1-11(2-4-12)10-18-15(23)16-19-13(20-25-16)9-14(22)21-5-7-24-8-6-21/h1-4H,5-10H2,(H,18,23). The Morgan fingerprint density at radius 3 is 2.64 bits per heavy atom. The van der Waals surface area contributed by atoms with Crippen LogP contribution in [0.1, 0.15) is 22.1 Å². The van der Waals surface area contributed by atoms with Crippen molar-refractivity contribution in [1.29, 1.82) is 0 Å². The fraction of sp³-hybridized carbons (Fsp3) is 0.375. The molecule has 2 aromatic rings. The van der Waals surface area contributed by atoms with Crippen molar-refractivity contribution in [2.24, 2.45) is 0 Å². The van der Waals surface area contributed by atoms with Crippen LogP contribution in [0.25, 0.3) is 0 Å². The van der Waals surface area contributed by atoms with Crippen molar-refractivity contribution in [1.82, 2.24) is 20.4 Å². The van der Waals surface area contributed by atoms with Crippen molar-refractivity contribution in [3.05, 3.63) is 46.6 Å². The molecule has 1 aliphatic rings. The number of carbonyl (C=O) groups is 2. The largest absolute Gasteiger partial charge is 0.378 e. The SMILES string of the molecule is O=C(NCc1ccc(Cl)cc1)c1nc(CC(=O)N2CCOCC2)no1. The van der Waals surface area contributed by atoms with E-state index in [1.165, 1.54) is 0 Å². The Labute approximate surface area is 149 Å². The van der Waals surface area contributed by atoms with Gasteiger partial charge < -0.3 is 19.5 Å². The van der Waals surface area contributed by atoms with E-state index in [1.807, 2.05) is 12.1 Å². The molecular weight excluding hydrogens is 348 g/mol. The second-order valence-electron chi connectivity index (χ2n) is 5.49. The number of halogens is 1. The Hall–Kier alpha value is -2.45. The maximum atomic E-state index is 12.1. The van der Waals surface area contributed by atoms with E-state index in [2.05, 4.69) is 15.5 Å². The molecule has 0 atom stereocenters. The first kappa shape index (κ1) is 17.4. The van der Waals surface area contributed by atoms with Gasteiger partial charge in [0.2, 0.25) is 5.91 Å². The molecule has 2 amide bonds. The van der Waals surface area contributed by atoms with Crippen LogP contribution in [0.3, 0.4) is 0 Å². The molecule has 1 aromatic heterocycles. The van der Waals surface area contributed by atoms with Gasteiger partial charge in [-0.3, -0.25) is 9.59 Å². The lowest BCUT2D eigenvalue weighted by atomic mass is 10.2. The van der Waals surface area contributed by atoms with Gasteiger partial charge >= 0.3 is 11.8 Å². The van der Waals surface area contributed by atoms with Crippen LogP contribution in [0, 0.1) is 0 Å². The molecule has 1 N–H and O–H groups in total. The number of amides is 2. The van der Waals surface area contributed by atoms with E-state index >= 15 is 0 Å². The maximum absolute atomic E-state index is 12.1. The highest BCUT2D eigenvalue weighted by atomic mass is 35.5. The second-order valence-corrected chi connectivity index (χ2v) is 5.93. The summed E-state index contributed by atoms with van der Waals surface area (Å²) in [5, 5.41) is 7.00. The summed E-state index contributed by atoms with van der Waals surface area (Å²) in [6.07, 6.45) is -0.00599. The van der Waals surface area contributed by atoms with Crippen LogP contribution in [-0.2, 0) is 22.5 Å². The average Bonchev–Trinajstić information content (AvgIpc) is 3.10. The third-order valence-corrected chi connectivity index (χ3v) is 3.95. The molecule has 132 valence electrons. The fourth-order valence-electron chi connectivity index (χ4n) is 2.34. The molecule has 1 aromatic carbocycles. The predicted octanol–water partition coefficient (Wildman–Crippen LogP) is 1.05. The van der Waals surface area contributed by atoms with Crippen LogP contribution in [-0.4, -0.2) is 53.2 Å². The molecule has 0 saturated carbocycles. The van der Waals surface area contributed by atoms with Crippen molar-refractivity contribution in [3.8, 4) is 0 Å². The van der Waals surface area contributed by atoms with Gasteiger partial charge in [0.05, 0.1) is 19.6 Å². The smallest absolute Gasteiger partial charge is 0.315 e. The van der Waals surface area contributed by atoms with Crippen LogP contribution in [0.15, 0.2) is 28.8 Å². The molecule has 8 nitrogen and oxygen atoms in total. The van der Waals surface area contributed by atoms with Gasteiger partial charge in [-0.15, -0.1) is 0 Å². The molecule has 1 fully saturated rings. The Morgan fingerprint density at radius 1 is 1.20 bits per heavy atom. The Bertz CT molecular complexity index is 741. The molecule has 0 bridgehead atoms. The number of ether oxygens (including phenoxy) is 1. The summed E-state index contributed by atoms with van der Waals surface area (Å²) >= 11 is 5.81. The minimum Gasteiger partial charge on any atom is -0.378 e. The fourth-order valence-corrected chi connectivity index (χ4v) is 2.46. The molecule has 0 unspecified atom stereocenters. The number of nitrogens with one attached hydrogen (secondary N) is 1. The van der Waals surface area contributed by atoms with Gasteiger partial charge in [0.1, 0.15) is 0 Å². The number of hydrogen-bond acceptors (Lipinski definition) is 6. The summed E-state index contributed by atoms with van der Waals surface area (Å²) < 4.78 is 10.1. The average molecular weight is 365 g/mol. The Morgan fingerprint density at radius 2 is 1.92 bits per heavy atom. The molecular formula is C16H17ClN4O4. The lowest BCUT2D eigenvalue weighted by Crippen LogP contribution is -2.41. The molecule has 9 heteroatoms. The van der Waals surface area contributed by atoms with E-state index in [4.69, 9.17) is 20.9 Å². The van der Waals surface area contributed by atoms with E-state index in [0.717, 1.165) is 5.56 Å². The number of benzene rings is 1. The van der Waals surface area contributed by atoms with Gasteiger partial charge in [-0.2, -0.15) is 4.98 Å². The van der Waals surface area contributed by atoms with Crippen LogP contribution in [0.5, 0.6) is 0 Å². The van der Waals surface area contributed by atoms with Gasteiger partial charge in [-0.1, -0.05) is 28.9 Å². The third kappa shape index (κ3) is 4.77. The number of hydrogen-bond donors (Lipinski definition) is 1. The summed E-state index contributed by atoms with van der Waals surface area (Å²) in [6.45, 7) is 2.45. The number of aromatic nitrogens is 2. The van der Waals surface area contributed by atoms with E-state index in [1.54, 1.807) is 17.0 Å². The number of morpholine rings is 1. The number of nitrogens with zero attached hydrogens (tertiary/aromatic N) is 3. The second kappa shape index (κ2) is 8.09. The molecule has 1 saturated heterocycles. The van der Waals surface area contributed by atoms with Gasteiger partial charge in [-0.05, 0) is 17.7 Å². The highest BCUT2D eigenvalue weighted by Crippen LogP contribution is 2.09. The topological polar surface area (TPSA) is 97.6 Å². The van der Waals surface area contributed by atoms with Crippen LogP contribution in [0.2, 0.25) is 5.02 Å². The van der Waals surface area contributed by atoms with E-state index in [9.17, 15) is 9.59 Å².